The van der Waals surface area contributed by atoms with Crippen LogP contribution in [-0.2, 0) is 0 Å². The van der Waals surface area contributed by atoms with E-state index in [1.807, 2.05) is 38.2 Å². The number of furan rings is 1. The Labute approximate surface area is 145 Å². The molecule has 0 spiro atoms. The Morgan fingerprint density at radius 3 is 2.76 bits per heavy atom. The van der Waals surface area contributed by atoms with Crippen LogP contribution >= 0.6 is 0 Å². The van der Waals surface area contributed by atoms with Crippen molar-refractivity contribution in [3.8, 4) is 0 Å². The van der Waals surface area contributed by atoms with Gasteiger partial charge in [0.1, 0.15) is 11.6 Å². The molecule has 130 valence electrons. The lowest BCUT2D eigenvalue weighted by atomic mass is 10.1. The number of para-hydroxylation sites is 1. The van der Waals surface area contributed by atoms with Crippen molar-refractivity contribution in [1.29, 1.82) is 0 Å². The van der Waals surface area contributed by atoms with Gasteiger partial charge < -0.3 is 13.8 Å². The molecule has 4 rings (SSSR count). The van der Waals surface area contributed by atoms with E-state index in [1.54, 1.807) is 11.8 Å². The van der Waals surface area contributed by atoms with Crippen LogP contribution in [0.2, 0.25) is 0 Å². The zero-order valence-electron chi connectivity index (χ0n) is 14.5. The average Bonchev–Trinajstić information content (AvgIpc) is 3.19. The van der Waals surface area contributed by atoms with Gasteiger partial charge in [-0.05, 0) is 27.0 Å². The van der Waals surface area contributed by atoms with Crippen molar-refractivity contribution in [2.24, 2.45) is 0 Å². The maximum atomic E-state index is 13.0. The van der Waals surface area contributed by atoms with E-state index in [0.717, 1.165) is 23.1 Å². The summed E-state index contributed by atoms with van der Waals surface area (Å²) in [6.07, 6.45) is 0. The highest BCUT2D eigenvalue weighted by Gasteiger charge is 2.34. The molecule has 0 aliphatic carbocycles. The summed E-state index contributed by atoms with van der Waals surface area (Å²) in [6.45, 7) is 5.57. The van der Waals surface area contributed by atoms with Gasteiger partial charge in [-0.25, -0.2) is 0 Å². The summed E-state index contributed by atoms with van der Waals surface area (Å²) in [5.41, 5.74) is 1.62. The standard InChI is InChI=1S/C18H20N4O3/c1-11-13-6-4-5-7-15(13)24-16(11)18(23)22-9-8-21(3)14(10-22)17-19-12(2)20-25-17/h4-7,14H,8-10H2,1-3H3/t14-/m1/s1. The molecule has 1 saturated heterocycles. The second kappa shape index (κ2) is 6.00. The normalized spacial score (nSPS) is 18.8. The number of fused-ring (bicyclic) bond motifs is 1. The van der Waals surface area contributed by atoms with Crippen molar-refractivity contribution in [3.05, 3.63) is 47.3 Å². The molecule has 25 heavy (non-hydrogen) atoms. The molecule has 1 atom stereocenters. The highest BCUT2D eigenvalue weighted by atomic mass is 16.5. The second-order valence-electron chi connectivity index (χ2n) is 6.48. The van der Waals surface area contributed by atoms with Gasteiger partial charge >= 0.3 is 0 Å². The third-order valence-electron chi connectivity index (χ3n) is 4.80. The highest BCUT2D eigenvalue weighted by Crippen LogP contribution is 2.28. The quantitative estimate of drug-likeness (QED) is 0.714. The van der Waals surface area contributed by atoms with E-state index in [4.69, 9.17) is 8.94 Å². The van der Waals surface area contributed by atoms with Crippen molar-refractivity contribution < 1.29 is 13.7 Å². The minimum atomic E-state index is -0.108. The number of piperazine rings is 1. The number of amides is 1. The predicted molar refractivity (Wildman–Crippen MR) is 91.3 cm³/mol. The summed E-state index contributed by atoms with van der Waals surface area (Å²) in [6, 6.07) is 7.60. The van der Waals surface area contributed by atoms with Crippen LogP contribution in [0.15, 0.2) is 33.2 Å². The topological polar surface area (TPSA) is 75.6 Å². The van der Waals surface area contributed by atoms with Gasteiger partial charge in [0.05, 0.1) is 0 Å². The minimum Gasteiger partial charge on any atom is -0.451 e. The summed E-state index contributed by atoms with van der Waals surface area (Å²) in [5.74, 6) is 1.45. The van der Waals surface area contributed by atoms with Crippen LogP contribution in [0.5, 0.6) is 0 Å². The molecule has 2 aromatic heterocycles. The maximum absolute atomic E-state index is 13.0. The number of aryl methyl sites for hydroxylation is 2. The Morgan fingerprint density at radius 1 is 1.24 bits per heavy atom. The number of carbonyl (C=O) groups is 1. The first-order chi connectivity index (χ1) is 12.0. The van der Waals surface area contributed by atoms with Crippen molar-refractivity contribution in [1.82, 2.24) is 19.9 Å². The van der Waals surface area contributed by atoms with Gasteiger partial charge in [-0.3, -0.25) is 9.69 Å². The highest BCUT2D eigenvalue weighted by molar-refractivity contribution is 5.99. The van der Waals surface area contributed by atoms with E-state index in [0.29, 0.717) is 30.6 Å². The first kappa shape index (κ1) is 15.8. The molecule has 0 saturated carbocycles. The lowest BCUT2D eigenvalue weighted by molar-refractivity contribution is 0.0463. The molecule has 7 nitrogen and oxygen atoms in total. The largest absolute Gasteiger partial charge is 0.451 e. The van der Waals surface area contributed by atoms with Crippen LogP contribution in [0, 0.1) is 13.8 Å². The third-order valence-corrected chi connectivity index (χ3v) is 4.80. The smallest absolute Gasteiger partial charge is 0.289 e. The number of hydrogen-bond donors (Lipinski definition) is 0. The summed E-state index contributed by atoms with van der Waals surface area (Å²) in [7, 11) is 2.00. The van der Waals surface area contributed by atoms with E-state index < -0.39 is 0 Å². The molecule has 1 aliphatic heterocycles. The van der Waals surface area contributed by atoms with E-state index in [2.05, 4.69) is 15.0 Å². The van der Waals surface area contributed by atoms with Gasteiger partial charge in [0, 0.05) is 30.6 Å². The second-order valence-corrected chi connectivity index (χ2v) is 6.48. The van der Waals surface area contributed by atoms with E-state index in [-0.39, 0.29) is 11.9 Å². The van der Waals surface area contributed by atoms with Crippen LogP contribution in [0.25, 0.3) is 11.0 Å². The molecule has 1 aromatic carbocycles. The molecule has 1 fully saturated rings. The van der Waals surface area contributed by atoms with E-state index in [1.165, 1.54) is 0 Å². The first-order valence-electron chi connectivity index (χ1n) is 8.32. The summed E-state index contributed by atoms with van der Waals surface area (Å²) in [5, 5.41) is 4.84. The number of likely N-dealkylation sites (N-methyl/N-ethyl adjacent to an activating group) is 1. The van der Waals surface area contributed by atoms with Gasteiger partial charge in [0.15, 0.2) is 11.6 Å². The third kappa shape index (κ3) is 2.70. The number of benzene rings is 1. The zero-order valence-corrected chi connectivity index (χ0v) is 14.5. The van der Waals surface area contributed by atoms with Gasteiger partial charge in [-0.1, -0.05) is 23.4 Å². The van der Waals surface area contributed by atoms with Crippen molar-refractivity contribution in [2.75, 3.05) is 26.7 Å². The number of hydrogen-bond acceptors (Lipinski definition) is 6. The molecule has 3 heterocycles. The summed E-state index contributed by atoms with van der Waals surface area (Å²) < 4.78 is 11.1. The van der Waals surface area contributed by atoms with Gasteiger partial charge in [0.25, 0.3) is 5.91 Å². The Balaban J connectivity index is 1.62. The summed E-state index contributed by atoms with van der Waals surface area (Å²) >= 11 is 0. The number of rotatable bonds is 2. The Bertz CT molecular complexity index is 929. The van der Waals surface area contributed by atoms with Gasteiger partial charge in [-0.15, -0.1) is 0 Å². The molecule has 7 heteroatoms. The number of carbonyl (C=O) groups excluding carboxylic acids is 1. The fourth-order valence-electron chi connectivity index (χ4n) is 3.30. The molecule has 0 unspecified atom stereocenters. The molecule has 3 aromatic rings. The van der Waals surface area contributed by atoms with E-state index in [9.17, 15) is 4.79 Å². The maximum Gasteiger partial charge on any atom is 0.289 e. The molecular weight excluding hydrogens is 320 g/mol. The average molecular weight is 340 g/mol. The van der Waals surface area contributed by atoms with Crippen molar-refractivity contribution in [3.63, 3.8) is 0 Å². The number of aromatic nitrogens is 2. The van der Waals surface area contributed by atoms with Crippen LogP contribution in [0.3, 0.4) is 0 Å². The summed E-state index contributed by atoms with van der Waals surface area (Å²) in [4.78, 5) is 21.3. The van der Waals surface area contributed by atoms with Crippen LogP contribution in [0.1, 0.15) is 33.9 Å². The van der Waals surface area contributed by atoms with Crippen LogP contribution < -0.4 is 0 Å². The minimum absolute atomic E-state index is 0.0944. The molecule has 0 radical (unpaired) electrons. The monoisotopic (exact) mass is 340 g/mol. The first-order valence-corrected chi connectivity index (χ1v) is 8.32. The number of nitrogens with zero attached hydrogens (tertiary/aromatic N) is 4. The Hall–Kier alpha value is -2.67. The Kier molecular flexibility index (Phi) is 3.80. The molecule has 1 aliphatic rings. The molecular formula is C18H20N4O3. The van der Waals surface area contributed by atoms with E-state index >= 15 is 0 Å². The van der Waals surface area contributed by atoms with Gasteiger partial charge in [0.2, 0.25) is 5.89 Å². The fraction of sp³-hybridized carbons (Fsp3) is 0.389. The molecule has 1 amide bonds. The fourth-order valence-corrected chi connectivity index (χ4v) is 3.30. The van der Waals surface area contributed by atoms with Gasteiger partial charge in [-0.2, -0.15) is 4.98 Å². The lowest BCUT2D eigenvalue weighted by Gasteiger charge is -2.37. The SMILES string of the molecule is Cc1noc([C@H]2CN(C(=O)c3oc4ccccc4c3C)CCN2C)n1. The zero-order chi connectivity index (χ0) is 17.6. The molecule has 0 bridgehead atoms. The van der Waals surface area contributed by atoms with Crippen LogP contribution in [-0.4, -0.2) is 52.5 Å². The molecule has 0 N–H and O–H groups in total. The Morgan fingerprint density at radius 2 is 2.04 bits per heavy atom. The lowest BCUT2D eigenvalue weighted by Crippen LogP contribution is -2.49. The van der Waals surface area contributed by atoms with Crippen molar-refractivity contribution in [2.45, 2.75) is 19.9 Å². The predicted octanol–water partition coefficient (Wildman–Crippen LogP) is 2.56. The van der Waals surface area contributed by atoms with Crippen molar-refractivity contribution >= 4 is 16.9 Å². The van der Waals surface area contributed by atoms with Crippen LogP contribution in [0.4, 0.5) is 0 Å².